The third-order valence-electron chi connectivity index (χ3n) is 3.92. The Kier molecular flexibility index (Phi) is 5.58. The summed E-state index contributed by atoms with van der Waals surface area (Å²) in [4.78, 5) is 0. The monoisotopic (exact) mass is 345 g/mol. The minimum absolute atomic E-state index is 0.238. The fourth-order valence-corrected chi connectivity index (χ4v) is 3.48. The summed E-state index contributed by atoms with van der Waals surface area (Å²) in [5.41, 5.74) is 2.15. The Balaban J connectivity index is 1.89. The SMILES string of the molecule is C=C(C)CSc1nnc(-c2ccc(OC)cc2)n1CC1CCCO1. The highest BCUT2D eigenvalue weighted by molar-refractivity contribution is 7.99. The lowest BCUT2D eigenvalue weighted by Crippen LogP contribution is -2.16. The summed E-state index contributed by atoms with van der Waals surface area (Å²) < 4.78 is 13.2. The topological polar surface area (TPSA) is 49.2 Å². The van der Waals surface area contributed by atoms with Crippen LogP contribution in [-0.2, 0) is 11.3 Å². The molecular weight excluding hydrogens is 322 g/mol. The lowest BCUT2D eigenvalue weighted by atomic mass is 10.2. The Labute approximate surface area is 147 Å². The molecule has 1 aromatic heterocycles. The van der Waals surface area contributed by atoms with Gasteiger partial charge in [-0.2, -0.15) is 0 Å². The molecule has 1 unspecified atom stereocenters. The van der Waals surface area contributed by atoms with Crippen LogP contribution in [0.1, 0.15) is 19.8 Å². The van der Waals surface area contributed by atoms with Crippen LogP contribution in [0, 0.1) is 0 Å². The van der Waals surface area contributed by atoms with Crippen molar-refractivity contribution in [3.63, 3.8) is 0 Å². The van der Waals surface area contributed by atoms with Crippen molar-refractivity contribution in [2.24, 2.45) is 0 Å². The van der Waals surface area contributed by atoms with Gasteiger partial charge in [-0.15, -0.1) is 10.2 Å². The van der Waals surface area contributed by atoms with Gasteiger partial charge in [-0.25, -0.2) is 0 Å². The van der Waals surface area contributed by atoms with Gasteiger partial charge >= 0.3 is 0 Å². The van der Waals surface area contributed by atoms with Crippen molar-refractivity contribution in [1.82, 2.24) is 14.8 Å². The first-order valence-electron chi connectivity index (χ1n) is 8.14. The maximum absolute atomic E-state index is 5.81. The zero-order valence-electron chi connectivity index (χ0n) is 14.2. The normalized spacial score (nSPS) is 17.2. The Hall–Kier alpha value is -1.79. The standard InChI is InChI=1S/C18H23N3O2S/c1-13(2)12-24-18-20-19-17(14-6-8-15(22-3)9-7-14)21(18)11-16-5-4-10-23-16/h6-9,16H,1,4-5,10-12H2,2-3H3. The van der Waals surface area contributed by atoms with Crippen molar-refractivity contribution in [2.45, 2.75) is 37.6 Å². The van der Waals surface area contributed by atoms with E-state index in [1.165, 1.54) is 0 Å². The van der Waals surface area contributed by atoms with Crippen molar-refractivity contribution < 1.29 is 9.47 Å². The highest BCUT2D eigenvalue weighted by Crippen LogP contribution is 2.28. The van der Waals surface area contributed by atoms with Crippen LogP contribution in [0.5, 0.6) is 5.75 Å². The number of nitrogens with zero attached hydrogens (tertiary/aromatic N) is 3. The van der Waals surface area contributed by atoms with Gasteiger partial charge in [0, 0.05) is 17.9 Å². The van der Waals surface area contributed by atoms with Crippen LogP contribution in [0.2, 0.25) is 0 Å². The first kappa shape index (κ1) is 17.0. The number of hydrogen-bond donors (Lipinski definition) is 0. The molecule has 0 aliphatic carbocycles. The predicted molar refractivity (Wildman–Crippen MR) is 96.5 cm³/mol. The zero-order valence-corrected chi connectivity index (χ0v) is 15.0. The quantitative estimate of drug-likeness (QED) is 0.564. The van der Waals surface area contributed by atoms with Gasteiger partial charge < -0.3 is 9.47 Å². The second-order valence-electron chi connectivity index (χ2n) is 6.03. The number of methoxy groups -OCH3 is 1. The Morgan fingerprint density at radius 1 is 1.38 bits per heavy atom. The Bertz CT molecular complexity index is 691. The summed E-state index contributed by atoms with van der Waals surface area (Å²) in [5, 5.41) is 9.74. The maximum atomic E-state index is 5.81. The molecule has 0 N–H and O–H groups in total. The molecule has 0 spiro atoms. The average molecular weight is 345 g/mol. The first-order chi connectivity index (χ1) is 11.7. The second-order valence-corrected chi connectivity index (χ2v) is 6.97. The Morgan fingerprint density at radius 2 is 2.17 bits per heavy atom. The van der Waals surface area contributed by atoms with E-state index in [1.54, 1.807) is 18.9 Å². The molecule has 1 aromatic carbocycles. The van der Waals surface area contributed by atoms with E-state index in [1.807, 2.05) is 31.2 Å². The number of rotatable bonds is 7. The molecule has 1 saturated heterocycles. The summed E-state index contributed by atoms with van der Waals surface area (Å²) in [6.07, 6.45) is 2.45. The molecule has 0 radical (unpaired) electrons. The van der Waals surface area contributed by atoms with E-state index < -0.39 is 0 Å². The minimum Gasteiger partial charge on any atom is -0.497 e. The van der Waals surface area contributed by atoms with E-state index in [0.717, 1.165) is 59.6 Å². The molecule has 1 atom stereocenters. The van der Waals surface area contributed by atoms with Crippen LogP contribution in [0.15, 0.2) is 41.6 Å². The van der Waals surface area contributed by atoms with Gasteiger partial charge in [0.15, 0.2) is 11.0 Å². The fraction of sp³-hybridized carbons (Fsp3) is 0.444. The molecule has 0 bridgehead atoms. The van der Waals surface area contributed by atoms with Crippen molar-refractivity contribution in [3.05, 3.63) is 36.4 Å². The smallest absolute Gasteiger partial charge is 0.191 e. The second kappa shape index (κ2) is 7.85. The van der Waals surface area contributed by atoms with E-state index in [0.29, 0.717) is 0 Å². The molecule has 2 aromatic rings. The van der Waals surface area contributed by atoms with E-state index >= 15 is 0 Å². The molecule has 5 nitrogen and oxygen atoms in total. The van der Waals surface area contributed by atoms with Crippen LogP contribution in [0.25, 0.3) is 11.4 Å². The Morgan fingerprint density at radius 3 is 2.79 bits per heavy atom. The van der Waals surface area contributed by atoms with Gasteiger partial charge in [0.2, 0.25) is 0 Å². The molecule has 0 saturated carbocycles. The van der Waals surface area contributed by atoms with E-state index in [2.05, 4.69) is 21.3 Å². The van der Waals surface area contributed by atoms with Gasteiger partial charge in [0.05, 0.1) is 19.8 Å². The maximum Gasteiger partial charge on any atom is 0.191 e. The lowest BCUT2D eigenvalue weighted by Gasteiger charge is -2.15. The average Bonchev–Trinajstić information content (AvgIpc) is 3.23. The van der Waals surface area contributed by atoms with Gasteiger partial charge in [-0.1, -0.05) is 23.9 Å². The highest BCUT2D eigenvalue weighted by Gasteiger charge is 2.21. The first-order valence-corrected chi connectivity index (χ1v) is 9.12. The van der Waals surface area contributed by atoms with Gasteiger partial charge in [0.25, 0.3) is 0 Å². The summed E-state index contributed by atoms with van der Waals surface area (Å²) in [6, 6.07) is 7.92. The molecule has 6 heteroatoms. The van der Waals surface area contributed by atoms with Crippen LogP contribution >= 0.6 is 11.8 Å². The van der Waals surface area contributed by atoms with E-state index in [4.69, 9.17) is 9.47 Å². The number of hydrogen-bond acceptors (Lipinski definition) is 5. The summed E-state index contributed by atoms with van der Waals surface area (Å²) in [5.74, 6) is 2.55. The van der Waals surface area contributed by atoms with Gasteiger partial charge in [-0.05, 0) is 44.0 Å². The van der Waals surface area contributed by atoms with Crippen LogP contribution in [-0.4, -0.2) is 40.3 Å². The minimum atomic E-state index is 0.238. The molecule has 3 rings (SSSR count). The zero-order chi connectivity index (χ0) is 16.9. The number of ether oxygens (including phenoxy) is 2. The molecule has 24 heavy (non-hydrogen) atoms. The van der Waals surface area contributed by atoms with Crippen molar-refractivity contribution in [2.75, 3.05) is 19.5 Å². The van der Waals surface area contributed by atoms with Crippen LogP contribution in [0.3, 0.4) is 0 Å². The van der Waals surface area contributed by atoms with Gasteiger partial charge in [0.1, 0.15) is 5.75 Å². The fourth-order valence-electron chi connectivity index (χ4n) is 2.69. The summed E-state index contributed by atoms with van der Waals surface area (Å²) >= 11 is 1.67. The largest absolute Gasteiger partial charge is 0.497 e. The number of thioether (sulfide) groups is 1. The third kappa shape index (κ3) is 3.99. The third-order valence-corrected chi connectivity index (χ3v) is 5.12. The molecular formula is C18H23N3O2S. The van der Waals surface area contributed by atoms with E-state index in [-0.39, 0.29) is 6.10 Å². The predicted octanol–water partition coefficient (Wildman–Crippen LogP) is 3.80. The van der Waals surface area contributed by atoms with Crippen molar-refractivity contribution in [1.29, 1.82) is 0 Å². The van der Waals surface area contributed by atoms with Crippen molar-refractivity contribution in [3.8, 4) is 17.1 Å². The molecule has 1 aliphatic heterocycles. The molecule has 128 valence electrons. The number of benzene rings is 1. The molecule has 2 heterocycles. The lowest BCUT2D eigenvalue weighted by molar-refractivity contribution is 0.0953. The van der Waals surface area contributed by atoms with E-state index in [9.17, 15) is 0 Å². The van der Waals surface area contributed by atoms with Crippen LogP contribution < -0.4 is 4.74 Å². The summed E-state index contributed by atoms with van der Waals surface area (Å²) in [6.45, 7) is 7.63. The summed E-state index contributed by atoms with van der Waals surface area (Å²) in [7, 11) is 1.67. The molecule has 0 amide bonds. The van der Waals surface area contributed by atoms with Crippen molar-refractivity contribution >= 4 is 11.8 Å². The van der Waals surface area contributed by atoms with Crippen LogP contribution in [0.4, 0.5) is 0 Å². The molecule has 1 aliphatic rings. The number of aromatic nitrogens is 3. The van der Waals surface area contributed by atoms with Gasteiger partial charge in [-0.3, -0.25) is 4.57 Å². The molecule has 1 fully saturated rings. The highest BCUT2D eigenvalue weighted by atomic mass is 32.2.